The third-order valence-corrected chi connectivity index (χ3v) is 7.79. The highest BCUT2D eigenvalue weighted by Crippen LogP contribution is 2.21. The van der Waals surface area contributed by atoms with Crippen molar-refractivity contribution in [2.45, 2.75) is 51.5 Å². The molecule has 4 heterocycles. The monoisotopic (exact) mass is 595 g/mol. The lowest BCUT2D eigenvalue weighted by Gasteiger charge is -2.25. The van der Waals surface area contributed by atoms with Crippen LogP contribution in [0.25, 0.3) is 11.3 Å². The summed E-state index contributed by atoms with van der Waals surface area (Å²) in [5.74, 6) is 1.31. The smallest absolute Gasteiger partial charge is 0.326 e. The molecule has 10 nitrogen and oxygen atoms in total. The second kappa shape index (κ2) is 15.8. The fourth-order valence-electron chi connectivity index (χ4n) is 5.32. The number of rotatable bonds is 16. The molecule has 230 valence electrons. The largest absolute Gasteiger partial charge is 0.490 e. The SMILES string of the molecule is Cc1ncccc1OCCN(CCCCc1ccc2c(n1)NCCC2)CC[C@H](Nc1cncc(-c2ccccc2)n1)C(=O)O. The maximum Gasteiger partial charge on any atom is 0.326 e. The molecule has 0 spiro atoms. The van der Waals surface area contributed by atoms with Crippen LogP contribution in [-0.4, -0.2) is 74.7 Å². The number of nitrogens with one attached hydrogen (secondary N) is 2. The maximum atomic E-state index is 12.3. The molecule has 5 rings (SSSR count). The molecule has 0 bridgehead atoms. The van der Waals surface area contributed by atoms with Gasteiger partial charge < -0.3 is 20.5 Å². The van der Waals surface area contributed by atoms with Crippen LogP contribution < -0.4 is 15.4 Å². The van der Waals surface area contributed by atoms with Gasteiger partial charge in [-0.25, -0.2) is 14.8 Å². The number of hydrogen-bond acceptors (Lipinski definition) is 9. The number of fused-ring (bicyclic) bond motifs is 1. The molecule has 1 aromatic carbocycles. The Hall–Kier alpha value is -4.57. The third kappa shape index (κ3) is 8.97. The van der Waals surface area contributed by atoms with E-state index in [-0.39, 0.29) is 0 Å². The number of unbranched alkanes of at least 4 members (excludes halogenated alkanes) is 1. The number of aryl methyl sites for hydroxylation is 3. The van der Waals surface area contributed by atoms with E-state index in [9.17, 15) is 9.90 Å². The first-order valence-electron chi connectivity index (χ1n) is 15.4. The molecule has 0 saturated carbocycles. The Morgan fingerprint density at radius 3 is 2.77 bits per heavy atom. The zero-order valence-electron chi connectivity index (χ0n) is 25.3. The summed E-state index contributed by atoms with van der Waals surface area (Å²) >= 11 is 0. The van der Waals surface area contributed by atoms with Gasteiger partial charge in [-0.05, 0) is 75.8 Å². The quantitative estimate of drug-likeness (QED) is 0.148. The molecule has 0 radical (unpaired) electrons. The van der Waals surface area contributed by atoms with Crippen LogP contribution >= 0.6 is 0 Å². The van der Waals surface area contributed by atoms with Gasteiger partial charge >= 0.3 is 5.97 Å². The van der Waals surface area contributed by atoms with Crippen molar-refractivity contribution in [2.75, 3.05) is 43.4 Å². The summed E-state index contributed by atoms with van der Waals surface area (Å²) in [5, 5.41) is 16.6. The van der Waals surface area contributed by atoms with E-state index in [0.717, 1.165) is 73.7 Å². The normalized spacial score (nSPS) is 13.1. The van der Waals surface area contributed by atoms with E-state index >= 15 is 0 Å². The van der Waals surface area contributed by atoms with E-state index in [1.54, 1.807) is 18.6 Å². The highest BCUT2D eigenvalue weighted by molar-refractivity contribution is 5.77. The molecule has 0 unspecified atom stereocenters. The van der Waals surface area contributed by atoms with Gasteiger partial charge in [-0.15, -0.1) is 0 Å². The van der Waals surface area contributed by atoms with Gasteiger partial charge in [-0.3, -0.25) is 14.9 Å². The van der Waals surface area contributed by atoms with Crippen LogP contribution in [0.1, 0.15) is 42.6 Å². The minimum Gasteiger partial charge on any atom is -0.490 e. The summed E-state index contributed by atoms with van der Waals surface area (Å²) in [5.41, 5.74) is 4.87. The molecule has 3 N–H and O–H groups in total. The molecular formula is C34H41N7O3. The molecule has 3 aromatic heterocycles. The second-order valence-corrected chi connectivity index (χ2v) is 11.1. The summed E-state index contributed by atoms with van der Waals surface area (Å²) in [6.45, 7) is 5.48. The van der Waals surface area contributed by atoms with Gasteiger partial charge in [0.15, 0.2) is 0 Å². The van der Waals surface area contributed by atoms with Crippen LogP contribution in [0.3, 0.4) is 0 Å². The minimum absolute atomic E-state index is 0.399. The standard InChI is InChI=1S/C34H41N7O3/c1-25-31(13-8-17-36-25)44-22-21-41(19-6-5-12-28-15-14-27-11-7-18-37-33(27)38-28)20-16-29(34(42)43)39-32-24-35-23-30(40-32)26-9-3-2-4-10-26/h2-4,8-10,13-15,17,23-24,29H,5-7,11-12,16,18-22H2,1H3,(H,37,38)(H,39,40)(H,42,43)/t29-/m0/s1. The lowest BCUT2D eigenvalue weighted by atomic mass is 10.1. The Morgan fingerprint density at radius 2 is 1.93 bits per heavy atom. The molecule has 0 fully saturated rings. The van der Waals surface area contributed by atoms with Crippen molar-refractivity contribution in [3.63, 3.8) is 0 Å². The van der Waals surface area contributed by atoms with Crippen molar-refractivity contribution in [2.24, 2.45) is 0 Å². The number of nitrogens with zero attached hydrogens (tertiary/aromatic N) is 5. The van der Waals surface area contributed by atoms with E-state index in [4.69, 9.17) is 9.72 Å². The first kappa shape index (κ1) is 30.9. The molecule has 0 saturated heterocycles. The van der Waals surface area contributed by atoms with Gasteiger partial charge in [-0.1, -0.05) is 36.4 Å². The van der Waals surface area contributed by atoms with Gasteiger partial charge in [0.05, 0.1) is 23.8 Å². The first-order chi connectivity index (χ1) is 21.5. The summed E-state index contributed by atoms with van der Waals surface area (Å²) in [6, 6.07) is 17.0. The molecule has 0 amide bonds. The Labute approximate surface area is 259 Å². The minimum atomic E-state index is -0.925. The molecule has 44 heavy (non-hydrogen) atoms. The average molecular weight is 596 g/mol. The van der Waals surface area contributed by atoms with Crippen LogP contribution in [0.5, 0.6) is 5.75 Å². The molecule has 10 heteroatoms. The summed E-state index contributed by atoms with van der Waals surface area (Å²) in [6.07, 6.45) is 10.5. The van der Waals surface area contributed by atoms with E-state index < -0.39 is 12.0 Å². The average Bonchev–Trinajstić information content (AvgIpc) is 3.05. The number of carbonyl (C=O) groups is 1. The van der Waals surface area contributed by atoms with Crippen LogP contribution in [0, 0.1) is 6.92 Å². The van der Waals surface area contributed by atoms with Gasteiger partial charge in [0.25, 0.3) is 0 Å². The molecule has 0 aliphatic carbocycles. The number of benzene rings is 1. The molecule has 1 aliphatic rings. The molecule has 1 atom stereocenters. The number of aromatic nitrogens is 4. The zero-order chi connectivity index (χ0) is 30.6. The zero-order valence-corrected chi connectivity index (χ0v) is 25.3. The van der Waals surface area contributed by atoms with Crippen molar-refractivity contribution in [3.8, 4) is 17.0 Å². The Bertz CT molecular complexity index is 1500. The third-order valence-electron chi connectivity index (χ3n) is 7.79. The summed E-state index contributed by atoms with van der Waals surface area (Å²) < 4.78 is 6.03. The number of carboxylic acids is 1. The Balaban J connectivity index is 1.17. The van der Waals surface area contributed by atoms with Crippen molar-refractivity contribution in [1.82, 2.24) is 24.8 Å². The van der Waals surface area contributed by atoms with Crippen LogP contribution in [-0.2, 0) is 17.6 Å². The number of carboxylic acid groups (broad SMARTS) is 1. The van der Waals surface area contributed by atoms with E-state index in [0.29, 0.717) is 37.6 Å². The van der Waals surface area contributed by atoms with E-state index in [1.165, 1.54) is 5.56 Å². The van der Waals surface area contributed by atoms with Crippen LogP contribution in [0.4, 0.5) is 11.6 Å². The summed E-state index contributed by atoms with van der Waals surface area (Å²) in [7, 11) is 0. The maximum absolute atomic E-state index is 12.3. The topological polar surface area (TPSA) is 125 Å². The van der Waals surface area contributed by atoms with Crippen molar-refractivity contribution < 1.29 is 14.6 Å². The lowest BCUT2D eigenvalue weighted by Crippen LogP contribution is -2.37. The highest BCUT2D eigenvalue weighted by Gasteiger charge is 2.20. The summed E-state index contributed by atoms with van der Waals surface area (Å²) in [4.78, 5) is 32.6. The van der Waals surface area contributed by atoms with Crippen molar-refractivity contribution in [1.29, 1.82) is 0 Å². The lowest BCUT2D eigenvalue weighted by molar-refractivity contribution is -0.138. The van der Waals surface area contributed by atoms with Crippen LogP contribution in [0.15, 0.2) is 73.2 Å². The van der Waals surface area contributed by atoms with E-state index in [2.05, 4.69) is 42.6 Å². The number of ether oxygens (including phenoxy) is 1. The Morgan fingerprint density at radius 1 is 1.05 bits per heavy atom. The molecule has 4 aromatic rings. The number of hydrogen-bond donors (Lipinski definition) is 3. The van der Waals surface area contributed by atoms with Gasteiger partial charge in [0.2, 0.25) is 0 Å². The number of aliphatic carboxylic acids is 1. The molecule has 1 aliphatic heterocycles. The predicted molar refractivity (Wildman–Crippen MR) is 172 cm³/mol. The van der Waals surface area contributed by atoms with Gasteiger partial charge in [0.1, 0.15) is 30.0 Å². The van der Waals surface area contributed by atoms with Crippen molar-refractivity contribution >= 4 is 17.6 Å². The Kier molecular flexibility index (Phi) is 11.1. The fraction of sp³-hybridized carbons (Fsp3) is 0.382. The fourth-order valence-corrected chi connectivity index (χ4v) is 5.32. The number of anilines is 2. The highest BCUT2D eigenvalue weighted by atomic mass is 16.5. The van der Waals surface area contributed by atoms with Gasteiger partial charge in [-0.2, -0.15) is 0 Å². The van der Waals surface area contributed by atoms with E-state index in [1.807, 2.05) is 49.4 Å². The molecular weight excluding hydrogens is 554 g/mol. The first-order valence-corrected chi connectivity index (χ1v) is 15.4. The predicted octanol–water partition coefficient (Wildman–Crippen LogP) is 5.26. The van der Waals surface area contributed by atoms with Gasteiger partial charge in [0, 0.05) is 37.1 Å². The number of pyridine rings is 2. The second-order valence-electron chi connectivity index (χ2n) is 11.1. The van der Waals surface area contributed by atoms with Crippen molar-refractivity contribution in [3.05, 3.63) is 90.1 Å². The van der Waals surface area contributed by atoms with Crippen LogP contribution in [0.2, 0.25) is 0 Å².